The summed E-state index contributed by atoms with van der Waals surface area (Å²) in [5.74, 6) is -0.502. The zero-order valence-electron chi connectivity index (χ0n) is 17.3. The summed E-state index contributed by atoms with van der Waals surface area (Å²) in [4.78, 5) is 20.3. The third-order valence-corrected chi connectivity index (χ3v) is 5.61. The predicted molar refractivity (Wildman–Crippen MR) is 118 cm³/mol. The molecule has 0 spiro atoms. The molecule has 2 aliphatic heterocycles. The van der Waals surface area contributed by atoms with E-state index < -0.39 is 5.97 Å². The summed E-state index contributed by atoms with van der Waals surface area (Å²) in [5, 5.41) is 12.6. The maximum atomic E-state index is 14.2. The highest BCUT2D eigenvalue weighted by Gasteiger charge is 2.23. The number of benzene rings is 2. The van der Waals surface area contributed by atoms with Crippen LogP contribution in [-0.4, -0.2) is 67.4 Å². The molecule has 2 N–H and O–H groups in total. The standard InChI is InChI=1S/C23H27FN4O3/c24-20-8-1-2-9-21(20)27-10-12-28(13-11-27)23(25-16-19-7-4-14-31-19)26-18-6-3-5-17(15-18)22(29)30/h1-3,5-6,8-9,15,19H,4,7,10-14,16H2,(H,25,26)(H,29,30)/t19-/m1/s1. The Labute approximate surface area is 181 Å². The Morgan fingerprint density at radius 3 is 2.68 bits per heavy atom. The second-order valence-electron chi connectivity index (χ2n) is 7.74. The fourth-order valence-corrected chi connectivity index (χ4v) is 3.92. The summed E-state index contributed by atoms with van der Waals surface area (Å²) in [7, 11) is 0. The van der Waals surface area contributed by atoms with Gasteiger partial charge in [-0.3, -0.25) is 4.99 Å². The Morgan fingerprint density at radius 2 is 1.97 bits per heavy atom. The molecular weight excluding hydrogens is 399 g/mol. The molecule has 0 amide bonds. The summed E-state index contributed by atoms with van der Waals surface area (Å²) in [5.41, 5.74) is 1.50. The summed E-state index contributed by atoms with van der Waals surface area (Å²) in [6.45, 7) is 3.99. The number of carboxylic acid groups (broad SMARTS) is 1. The fraction of sp³-hybridized carbons (Fsp3) is 0.391. The zero-order chi connectivity index (χ0) is 21.6. The number of aromatic carboxylic acids is 1. The van der Waals surface area contributed by atoms with Crippen LogP contribution < -0.4 is 10.2 Å². The Hall–Kier alpha value is -3.13. The van der Waals surface area contributed by atoms with Crippen molar-refractivity contribution in [2.75, 3.05) is 49.5 Å². The second-order valence-corrected chi connectivity index (χ2v) is 7.74. The van der Waals surface area contributed by atoms with Gasteiger partial charge in [-0.15, -0.1) is 0 Å². The number of nitrogens with zero attached hydrogens (tertiary/aromatic N) is 3. The van der Waals surface area contributed by atoms with E-state index in [9.17, 15) is 14.3 Å². The minimum Gasteiger partial charge on any atom is -0.478 e. The van der Waals surface area contributed by atoms with Crippen LogP contribution in [0.2, 0.25) is 0 Å². The van der Waals surface area contributed by atoms with E-state index in [0.717, 1.165) is 19.4 Å². The van der Waals surface area contributed by atoms with E-state index >= 15 is 0 Å². The molecule has 0 unspecified atom stereocenters. The van der Waals surface area contributed by atoms with E-state index in [4.69, 9.17) is 9.73 Å². The molecule has 2 saturated heterocycles. The van der Waals surface area contributed by atoms with Crippen molar-refractivity contribution in [2.45, 2.75) is 18.9 Å². The van der Waals surface area contributed by atoms with Crippen molar-refractivity contribution in [3.63, 3.8) is 0 Å². The van der Waals surface area contributed by atoms with Crippen LogP contribution in [0.1, 0.15) is 23.2 Å². The highest BCUT2D eigenvalue weighted by atomic mass is 19.1. The van der Waals surface area contributed by atoms with Crippen LogP contribution in [0.3, 0.4) is 0 Å². The summed E-state index contributed by atoms with van der Waals surface area (Å²) in [6, 6.07) is 13.5. The molecule has 2 heterocycles. The van der Waals surface area contributed by atoms with E-state index in [1.54, 1.807) is 30.3 Å². The lowest BCUT2D eigenvalue weighted by molar-refractivity contribution is 0.0697. The smallest absolute Gasteiger partial charge is 0.335 e. The van der Waals surface area contributed by atoms with Crippen LogP contribution in [0, 0.1) is 5.82 Å². The van der Waals surface area contributed by atoms with Crippen molar-refractivity contribution in [3.8, 4) is 0 Å². The summed E-state index contributed by atoms with van der Waals surface area (Å²) >= 11 is 0. The molecule has 2 aromatic rings. The number of hydrogen-bond acceptors (Lipinski definition) is 4. The van der Waals surface area contributed by atoms with Gasteiger partial charge < -0.3 is 25.0 Å². The van der Waals surface area contributed by atoms with Crippen molar-refractivity contribution >= 4 is 23.3 Å². The van der Waals surface area contributed by atoms with Crippen molar-refractivity contribution in [1.82, 2.24) is 4.90 Å². The number of guanidine groups is 1. The molecule has 0 radical (unpaired) electrons. The molecular formula is C23H27FN4O3. The average Bonchev–Trinajstić information content (AvgIpc) is 3.31. The molecule has 0 aliphatic carbocycles. The normalized spacial score (nSPS) is 19.5. The SMILES string of the molecule is O=C(O)c1cccc(NC(=NC[C@H]2CCCO2)N2CCN(c3ccccc3F)CC2)c1. The molecule has 7 nitrogen and oxygen atoms in total. The maximum Gasteiger partial charge on any atom is 0.335 e. The van der Waals surface area contributed by atoms with Crippen molar-refractivity contribution in [2.24, 2.45) is 4.99 Å². The lowest BCUT2D eigenvalue weighted by Gasteiger charge is -2.38. The van der Waals surface area contributed by atoms with E-state index in [2.05, 4.69) is 10.2 Å². The first-order chi connectivity index (χ1) is 15.1. The predicted octanol–water partition coefficient (Wildman–Crippen LogP) is 3.29. The fourth-order valence-electron chi connectivity index (χ4n) is 3.92. The van der Waals surface area contributed by atoms with Crippen LogP contribution in [0.4, 0.5) is 15.8 Å². The number of nitrogens with one attached hydrogen (secondary N) is 1. The largest absolute Gasteiger partial charge is 0.478 e. The number of carbonyl (C=O) groups is 1. The molecule has 1 atom stereocenters. The third-order valence-electron chi connectivity index (χ3n) is 5.61. The lowest BCUT2D eigenvalue weighted by atomic mass is 10.2. The van der Waals surface area contributed by atoms with Gasteiger partial charge in [-0.1, -0.05) is 18.2 Å². The minimum atomic E-state index is -0.972. The van der Waals surface area contributed by atoms with Gasteiger partial charge in [-0.2, -0.15) is 0 Å². The molecule has 4 rings (SSSR count). The van der Waals surface area contributed by atoms with Gasteiger partial charge in [0, 0.05) is 38.5 Å². The van der Waals surface area contributed by atoms with Gasteiger partial charge in [0.1, 0.15) is 5.82 Å². The molecule has 8 heteroatoms. The molecule has 0 aromatic heterocycles. The monoisotopic (exact) mass is 426 g/mol. The number of piperazine rings is 1. The number of anilines is 2. The number of carboxylic acids is 1. The first-order valence-electron chi connectivity index (χ1n) is 10.6. The van der Waals surface area contributed by atoms with Crippen LogP contribution in [-0.2, 0) is 4.74 Å². The second kappa shape index (κ2) is 9.78. The van der Waals surface area contributed by atoms with E-state index in [1.165, 1.54) is 6.07 Å². The molecule has 31 heavy (non-hydrogen) atoms. The van der Waals surface area contributed by atoms with Crippen molar-refractivity contribution in [3.05, 3.63) is 59.9 Å². The number of aliphatic imine (C=N–C) groups is 1. The first kappa shape index (κ1) is 21.1. The molecule has 2 aliphatic rings. The number of ether oxygens (including phenoxy) is 1. The van der Waals surface area contributed by atoms with Crippen LogP contribution in [0.25, 0.3) is 0 Å². The molecule has 0 saturated carbocycles. The first-order valence-corrected chi connectivity index (χ1v) is 10.6. The Kier molecular flexibility index (Phi) is 6.66. The average molecular weight is 426 g/mol. The third kappa shape index (κ3) is 5.32. The number of hydrogen-bond donors (Lipinski definition) is 2. The molecule has 2 aromatic carbocycles. The van der Waals surface area contributed by atoms with Gasteiger partial charge in [-0.25, -0.2) is 9.18 Å². The maximum absolute atomic E-state index is 14.2. The van der Waals surface area contributed by atoms with Gasteiger partial charge >= 0.3 is 5.97 Å². The van der Waals surface area contributed by atoms with Gasteiger partial charge in [0.2, 0.25) is 0 Å². The lowest BCUT2D eigenvalue weighted by Crippen LogP contribution is -2.51. The van der Waals surface area contributed by atoms with Gasteiger partial charge in [0.15, 0.2) is 5.96 Å². The Morgan fingerprint density at radius 1 is 1.16 bits per heavy atom. The van der Waals surface area contributed by atoms with Crippen LogP contribution >= 0.6 is 0 Å². The topological polar surface area (TPSA) is 77.4 Å². The number of halogens is 1. The summed E-state index contributed by atoms with van der Waals surface area (Å²) in [6.07, 6.45) is 2.15. The molecule has 0 bridgehead atoms. The zero-order valence-corrected chi connectivity index (χ0v) is 17.3. The van der Waals surface area contributed by atoms with Crippen LogP contribution in [0.15, 0.2) is 53.5 Å². The number of rotatable bonds is 5. The van der Waals surface area contributed by atoms with Gasteiger partial charge in [0.05, 0.1) is 23.9 Å². The van der Waals surface area contributed by atoms with Crippen molar-refractivity contribution in [1.29, 1.82) is 0 Å². The minimum absolute atomic E-state index is 0.113. The van der Waals surface area contributed by atoms with Gasteiger partial charge in [-0.05, 0) is 43.2 Å². The van der Waals surface area contributed by atoms with E-state index in [0.29, 0.717) is 50.1 Å². The Balaban J connectivity index is 1.48. The van der Waals surface area contributed by atoms with Gasteiger partial charge in [0.25, 0.3) is 0 Å². The molecule has 2 fully saturated rings. The highest BCUT2D eigenvalue weighted by molar-refractivity contribution is 5.96. The Bertz CT molecular complexity index is 938. The highest BCUT2D eigenvalue weighted by Crippen LogP contribution is 2.21. The van der Waals surface area contributed by atoms with Crippen LogP contribution in [0.5, 0.6) is 0 Å². The summed E-state index contributed by atoms with van der Waals surface area (Å²) < 4.78 is 19.9. The molecule has 164 valence electrons. The van der Waals surface area contributed by atoms with Crippen molar-refractivity contribution < 1.29 is 19.0 Å². The van der Waals surface area contributed by atoms with E-state index in [-0.39, 0.29) is 17.5 Å². The van der Waals surface area contributed by atoms with E-state index in [1.807, 2.05) is 17.0 Å². The number of para-hydroxylation sites is 1. The quantitative estimate of drug-likeness (QED) is 0.564.